The zero-order chi connectivity index (χ0) is 18.5. The molecule has 1 aliphatic heterocycles. The quantitative estimate of drug-likeness (QED) is 0.875. The van der Waals surface area contributed by atoms with Crippen LogP contribution in [0.15, 0.2) is 24.3 Å². The summed E-state index contributed by atoms with van der Waals surface area (Å²) in [6, 6.07) is 7.07. The molecule has 1 saturated heterocycles. The van der Waals surface area contributed by atoms with Crippen molar-refractivity contribution in [2.75, 3.05) is 45.8 Å². The molecule has 1 amide bonds. The van der Waals surface area contributed by atoms with Gasteiger partial charge in [0.1, 0.15) is 17.2 Å². The number of rotatable bonds is 5. The molecule has 0 spiro atoms. The Kier molecular flexibility index (Phi) is 5.52. The van der Waals surface area contributed by atoms with Crippen LogP contribution in [0, 0.1) is 6.92 Å². The molecule has 2 heterocycles. The number of anilines is 2. The van der Waals surface area contributed by atoms with Crippen LogP contribution in [-0.2, 0) is 4.74 Å². The lowest BCUT2D eigenvalue weighted by Gasteiger charge is -2.26. The second-order valence-corrected chi connectivity index (χ2v) is 5.81. The van der Waals surface area contributed by atoms with Crippen molar-refractivity contribution >= 4 is 17.5 Å². The smallest absolute Gasteiger partial charge is 0.272 e. The molecule has 8 heteroatoms. The van der Waals surface area contributed by atoms with Crippen LogP contribution >= 0.6 is 0 Å². The molecular weight excluding hydrogens is 336 g/mol. The molecule has 1 aliphatic rings. The molecule has 26 heavy (non-hydrogen) atoms. The van der Waals surface area contributed by atoms with Crippen molar-refractivity contribution in [2.24, 2.45) is 0 Å². The number of benzene rings is 1. The Morgan fingerprint density at radius 2 is 1.92 bits per heavy atom. The number of carbonyl (C=O) groups is 1. The lowest BCUT2D eigenvalue weighted by atomic mass is 10.2. The Morgan fingerprint density at radius 1 is 1.15 bits per heavy atom. The van der Waals surface area contributed by atoms with E-state index in [1.54, 1.807) is 37.3 Å². The number of amides is 1. The maximum atomic E-state index is 12.7. The fraction of sp³-hybridized carbons (Fsp3) is 0.389. The van der Waals surface area contributed by atoms with Crippen molar-refractivity contribution in [3.63, 3.8) is 0 Å². The van der Waals surface area contributed by atoms with Crippen molar-refractivity contribution < 1.29 is 19.0 Å². The summed E-state index contributed by atoms with van der Waals surface area (Å²) in [5, 5.41) is 3.12. The molecule has 1 aromatic carbocycles. The second kappa shape index (κ2) is 8.01. The van der Waals surface area contributed by atoms with E-state index in [0.29, 0.717) is 60.8 Å². The zero-order valence-electron chi connectivity index (χ0n) is 15.1. The van der Waals surface area contributed by atoms with E-state index in [1.807, 2.05) is 13.0 Å². The van der Waals surface area contributed by atoms with Crippen molar-refractivity contribution in [3.8, 4) is 11.5 Å². The molecule has 0 aliphatic carbocycles. The summed E-state index contributed by atoms with van der Waals surface area (Å²) in [5.41, 5.74) is 1.74. The monoisotopic (exact) mass is 358 g/mol. The van der Waals surface area contributed by atoms with Crippen LogP contribution in [0.25, 0.3) is 0 Å². The normalized spacial score (nSPS) is 14.0. The van der Waals surface area contributed by atoms with E-state index in [2.05, 4.69) is 15.3 Å². The molecule has 3 rings (SSSR count). The van der Waals surface area contributed by atoms with Crippen LogP contribution in [0.5, 0.6) is 11.5 Å². The average molecular weight is 358 g/mol. The zero-order valence-corrected chi connectivity index (χ0v) is 15.1. The van der Waals surface area contributed by atoms with Gasteiger partial charge in [-0.3, -0.25) is 4.79 Å². The van der Waals surface area contributed by atoms with Gasteiger partial charge in [-0.15, -0.1) is 0 Å². The van der Waals surface area contributed by atoms with Gasteiger partial charge in [-0.05, 0) is 25.1 Å². The van der Waals surface area contributed by atoms with Gasteiger partial charge in [-0.25, -0.2) is 9.97 Å². The molecule has 1 aromatic heterocycles. The van der Waals surface area contributed by atoms with Gasteiger partial charge in [0.05, 0.1) is 33.1 Å². The van der Waals surface area contributed by atoms with Gasteiger partial charge in [-0.1, -0.05) is 0 Å². The number of hydrogen-bond acceptors (Lipinski definition) is 7. The molecule has 0 radical (unpaired) electrons. The van der Waals surface area contributed by atoms with Crippen molar-refractivity contribution in [3.05, 3.63) is 35.7 Å². The van der Waals surface area contributed by atoms with Crippen LogP contribution in [0.1, 0.15) is 16.2 Å². The summed E-state index contributed by atoms with van der Waals surface area (Å²) in [6.45, 7) is 4.05. The molecule has 1 N–H and O–H groups in total. The van der Waals surface area contributed by atoms with Gasteiger partial charge in [0.15, 0.2) is 0 Å². The fourth-order valence-corrected chi connectivity index (χ4v) is 2.68. The highest BCUT2D eigenvalue weighted by molar-refractivity contribution is 5.92. The van der Waals surface area contributed by atoms with Crippen molar-refractivity contribution in [1.29, 1.82) is 0 Å². The topological polar surface area (TPSA) is 85.8 Å². The average Bonchev–Trinajstić information content (AvgIpc) is 2.68. The summed E-state index contributed by atoms with van der Waals surface area (Å²) >= 11 is 0. The summed E-state index contributed by atoms with van der Waals surface area (Å²) in [5.74, 6) is 1.49. The van der Waals surface area contributed by atoms with Gasteiger partial charge in [0, 0.05) is 24.8 Å². The van der Waals surface area contributed by atoms with E-state index in [4.69, 9.17) is 14.2 Å². The van der Waals surface area contributed by atoms with E-state index < -0.39 is 0 Å². The maximum absolute atomic E-state index is 12.7. The highest BCUT2D eigenvalue weighted by atomic mass is 16.5. The van der Waals surface area contributed by atoms with E-state index in [9.17, 15) is 4.79 Å². The first-order chi connectivity index (χ1) is 12.6. The van der Waals surface area contributed by atoms with Crippen LogP contribution in [0.4, 0.5) is 11.6 Å². The Labute approximate surface area is 152 Å². The number of hydrogen-bond donors (Lipinski definition) is 1. The minimum atomic E-state index is -0.122. The summed E-state index contributed by atoms with van der Waals surface area (Å²) in [4.78, 5) is 23.2. The molecule has 8 nitrogen and oxygen atoms in total. The molecule has 1 fully saturated rings. The lowest BCUT2D eigenvalue weighted by Crippen LogP contribution is -2.41. The third-order valence-electron chi connectivity index (χ3n) is 4.03. The Bertz CT molecular complexity index is 791. The standard InChI is InChI=1S/C18H22N4O4/c1-12-10-15(17(23)22-6-8-26-9-7-22)21-18(19-12)20-14-5-4-13(24-2)11-16(14)25-3/h4-5,10-11H,6-9H2,1-3H3,(H,19,20,21). The predicted octanol–water partition coefficient (Wildman–Crippen LogP) is 2.02. The molecule has 2 aromatic rings. The van der Waals surface area contributed by atoms with Gasteiger partial charge in [0.25, 0.3) is 5.91 Å². The number of morpholine rings is 1. The first kappa shape index (κ1) is 17.9. The van der Waals surface area contributed by atoms with Crippen LogP contribution in [-0.4, -0.2) is 61.3 Å². The fourth-order valence-electron chi connectivity index (χ4n) is 2.68. The summed E-state index contributed by atoms with van der Waals surface area (Å²) < 4.78 is 15.9. The largest absolute Gasteiger partial charge is 0.497 e. The first-order valence-corrected chi connectivity index (χ1v) is 8.32. The van der Waals surface area contributed by atoms with Crippen molar-refractivity contribution in [2.45, 2.75) is 6.92 Å². The second-order valence-electron chi connectivity index (χ2n) is 5.81. The predicted molar refractivity (Wildman–Crippen MR) is 96.3 cm³/mol. The van der Waals surface area contributed by atoms with Gasteiger partial charge in [-0.2, -0.15) is 0 Å². The van der Waals surface area contributed by atoms with E-state index in [1.165, 1.54) is 0 Å². The highest BCUT2D eigenvalue weighted by Gasteiger charge is 2.21. The minimum absolute atomic E-state index is 0.122. The van der Waals surface area contributed by atoms with E-state index in [0.717, 1.165) is 0 Å². The number of ether oxygens (including phenoxy) is 3. The lowest BCUT2D eigenvalue weighted by molar-refractivity contribution is 0.0299. The number of aromatic nitrogens is 2. The van der Waals surface area contributed by atoms with Crippen LogP contribution in [0.3, 0.4) is 0 Å². The molecular formula is C18H22N4O4. The third kappa shape index (κ3) is 4.02. The van der Waals surface area contributed by atoms with E-state index in [-0.39, 0.29) is 5.91 Å². The molecule has 0 unspecified atom stereocenters. The molecule has 0 saturated carbocycles. The number of carbonyl (C=O) groups excluding carboxylic acids is 1. The van der Waals surface area contributed by atoms with Crippen molar-refractivity contribution in [1.82, 2.24) is 14.9 Å². The summed E-state index contributed by atoms with van der Waals surface area (Å²) in [6.07, 6.45) is 0. The first-order valence-electron chi connectivity index (χ1n) is 8.32. The van der Waals surface area contributed by atoms with Gasteiger partial charge < -0.3 is 24.4 Å². The Morgan fingerprint density at radius 3 is 2.62 bits per heavy atom. The third-order valence-corrected chi connectivity index (χ3v) is 4.03. The Hall–Kier alpha value is -2.87. The summed E-state index contributed by atoms with van der Waals surface area (Å²) in [7, 11) is 3.17. The number of methoxy groups -OCH3 is 2. The van der Waals surface area contributed by atoms with Gasteiger partial charge in [0.2, 0.25) is 5.95 Å². The molecule has 0 bridgehead atoms. The number of aryl methyl sites for hydroxylation is 1. The van der Waals surface area contributed by atoms with Crippen LogP contribution in [0.2, 0.25) is 0 Å². The number of nitrogens with one attached hydrogen (secondary N) is 1. The maximum Gasteiger partial charge on any atom is 0.272 e. The minimum Gasteiger partial charge on any atom is -0.497 e. The molecule has 0 atom stereocenters. The number of nitrogens with zero attached hydrogens (tertiary/aromatic N) is 3. The molecule has 138 valence electrons. The SMILES string of the molecule is COc1ccc(Nc2nc(C)cc(C(=O)N3CCOCC3)n2)c(OC)c1. The van der Waals surface area contributed by atoms with Crippen LogP contribution < -0.4 is 14.8 Å². The highest BCUT2D eigenvalue weighted by Crippen LogP contribution is 2.30. The van der Waals surface area contributed by atoms with Gasteiger partial charge >= 0.3 is 0 Å². The van der Waals surface area contributed by atoms with E-state index >= 15 is 0 Å². The Balaban J connectivity index is 1.85.